The van der Waals surface area contributed by atoms with Crippen LogP contribution in [0.5, 0.6) is 11.5 Å². The molecule has 0 aliphatic heterocycles. The Kier molecular flexibility index (Phi) is 3.39. The van der Waals surface area contributed by atoms with Crippen LogP contribution in [0.15, 0.2) is 42.5 Å². The maximum absolute atomic E-state index is 10.8. The first-order valence-corrected chi connectivity index (χ1v) is 5.50. The molecule has 0 unspecified atom stereocenters. The molecule has 2 aromatic carbocycles. The van der Waals surface area contributed by atoms with Gasteiger partial charge in [-0.1, -0.05) is 11.6 Å². The van der Waals surface area contributed by atoms with E-state index in [4.69, 9.17) is 27.2 Å². The molecule has 18 heavy (non-hydrogen) atoms. The highest BCUT2D eigenvalue weighted by Gasteiger charge is 2.08. The van der Waals surface area contributed by atoms with E-state index >= 15 is 0 Å². The molecule has 0 amide bonds. The first-order chi connectivity index (χ1) is 8.56. The van der Waals surface area contributed by atoms with Crippen LogP contribution in [0.2, 0.25) is 5.02 Å². The highest BCUT2D eigenvalue weighted by atomic mass is 35.5. The second-order valence-electron chi connectivity index (χ2n) is 3.61. The largest absolute Gasteiger partial charge is 0.478 e. The molecule has 0 aliphatic carbocycles. The van der Waals surface area contributed by atoms with Crippen molar-refractivity contribution < 1.29 is 14.6 Å². The predicted octanol–water partition coefficient (Wildman–Crippen LogP) is 3.41. The summed E-state index contributed by atoms with van der Waals surface area (Å²) in [4.78, 5) is 10.8. The molecule has 92 valence electrons. The van der Waals surface area contributed by atoms with Crippen molar-refractivity contribution >= 4 is 23.3 Å². The number of carbonyl (C=O) groups is 1. The van der Waals surface area contributed by atoms with Crippen LogP contribution in [-0.4, -0.2) is 11.1 Å². The summed E-state index contributed by atoms with van der Waals surface area (Å²) in [6.45, 7) is 0. The third-order valence-electron chi connectivity index (χ3n) is 2.30. The zero-order valence-electron chi connectivity index (χ0n) is 9.26. The number of rotatable bonds is 3. The third kappa shape index (κ3) is 2.73. The SMILES string of the molecule is Nc1ccc(C(=O)O)cc1Oc1ccc(Cl)cc1. The number of hydrogen-bond donors (Lipinski definition) is 2. The van der Waals surface area contributed by atoms with Crippen molar-refractivity contribution in [3.05, 3.63) is 53.1 Å². The molecule has 0 radical (unpaired) electrons. The lowest BCUT2D eigenvalue weighted by Crippen LogP contribution is -1.99. The Morgan fingerprint density at radius 3 is 2.44 bits per heavy atom. The number of benzene rings is 2. The predicted molar refractivity (Wildman–Crippen MR) is 69.3 cm³/mol. The molecular formula is C13H10ClNO3. The Morgan fingerprint density at radius 1 is 1.17 bits per heavy atom. The van der Waals surface area contributed by atoms with Crippen molar-refractivity contribution in [2.24, 2.45) is 0 Å². The molecule has 4 nitrogen and oxygen atoms in total. The molecule has 2 rings (SSSR count). The van der Waals surface area contributed by atoms with Crippen molar-refractivity contribution in [2.45, 2.75) is 0 Å². The first kappa shape index (κ1) is 12.3. The van der Waals surface area contributed by atoms with Gasteiger partial charge in [0.1, 0.15) is 5.75 Å². The molecule has 2 aromatic rings. The van der Waals surface area contributed by atoms with Crippen molar-refractivity contribution in [1.82, 2.24) is 0 Å². The summed E-state index contributed by atoms with van der Waals surface area (Å²) in [6, 6.07) is 11.0. The van der Waals surface area contributed by atoms with Crippen LogP contribution in [0, 0.1) is 0 Å². The molecule has 0 heterocycles. The van der Waals surface area contributed by atoms with Crippen LogP contribution in [-0.2, 0) is 0 Å². The minimum atomic E-state index is -1.03. The average Bonchev–Trinajstić information content (AvgIpc) is 2.34. The minimum Gasteiger partial charge on any atom is -0.478 e. The maximum atomic E-state index is 10.8. The van der Waals surface area contributed by atoms with Crippen LogP contribution in [0.1, 0.15) is 10.4 Å². The number of carboxylic acid groups (broad SMARTS) is 1. The standard InChI is InChI=1S/C13H10ClNO3/c14-9-2-4-10(5-3-9)18-12-7-8(13(16)17)1-6-11(12)15/h1-7H,15H2,(H,16,17). The number of nitrogens with two attached hydrogens (primary N) is 1. The maximum Gasteiger partial charge on any atom is 0.335 e. The van der Waals surface area contributed by atoms with Gasteiger partial charge in [-0.3, -0.25) is 0 Å². The van der Waals surface area contributed by atoms with Crippen LogP contribution < -0.4 is 10.5 Å². The van der Waals surface area contributed by atoms with Crippen LogP contribution in [0.4, 0.5) is 5.69 Å². The van der Waals surface area contributed by atoms with E-state index in [2.05, 4.69) is 0 Å². The van der Waals surface area contributed by atoms with Crippen molar-refractivity contribution in [3.63, 3.8) is 0 Å². The van der Waals surface area contributed by atoms with E-state index in [1.807, 2.05) is 0 Å². The number of anilines is 1. The zero-order valence-corrected chi connectivity index (χ0v) is 10.0. The Hall–Kier alpha value is -2.20. The Morgan fingerprint density at radius 2 is 1.83 bits per heavy atom. The summed E-state index contributed by atoms with van der Waals surface area (Å²) in [5.41, 5.74) is 6.21. The van der Waals surface area contributed by atoms with Crippen molar-refractivity contribution in [2.75, 3.05) is 5.73 Å². The van der Waals surface area contributed by atoms with Gasteiger partial charge in [0.25, 0.3) is 0 Å². The van der Waals surface area contributed by atoms with Gasteiger partial charge < -0.3 is 15.6 Å². The normalized spacial score (nSPS) is 10.1. The second-order valence-corrected chi connectivity index (χ2v) is 4.05. The minimum absolute atomic E-state index is 0.119. The molecule has 0 saturated carbocycles. The molecule has 0 fully saturated rings. The molecule has 0 aliphatic rings. The second kappa shape index (κ2) is 4.98. The van der Waals surface area contributed by atoms with Crippen molar-refractivity contribution in [3.8, 4) is 11.5 Å². The van der Waals surface area contributed by atoms with E-state index in [-0.39, 0.29) is 5.56 Å². The molecule has 0 aromatic heterocycles. The molecule has 5 heteroatoms. The Bertz CT molecular complexity index is 581. The van der Waals surface area contributed by atoms with Crippen molar-refractivity contribution in [1.29, 1.82) is 0 Å². The lowest BCUT2D eigenvalue weighted by molar-refractivity contribution is 0.0696. The quantitative estimate of drug-likeness (QED) is 0.833. The summed E-state index contributed by atoms with van der Waals surface area (Å²) < 4.78 is 5.51. The Labute approximate surface area is 109 Å². The molecule has 0 spiro atoms. The monoisotopic (exact) mass is 263 g/mol. The van der Waals surface area contributed by atoms with Crippen LogP contribution in [0.25, 0.3) is 0 Å². The molecular weight excluding hydrogens is 254 g/mol. The highest BCUT2D eigenvalue weighted by Crippen LogP contribution is 2.29. The lowest BCUT2D eigenvalue weighted by Gasteiger charge is -2.09. The van der Waals surface area contributed by atoms with Gasteiger partial charge in [-0.2, -0.15) is 0 Å². The fourth-order valence-corrected chi connectivity index (χ4v) is 1.51. The molecule has 0 bridgehead atoms. The first-order valence-electron chi connectivity index (χ1n) is 5.12. The van der Waals surface area contributed by atoms with E-state index in [1.54, 1.807) is 24.3 Å². The third-order valence-corrected chi connectivity index (χ3v) is 2.55. The fourth-order valence-electron chi connectivity index (χ4n) is 1.39. The van der Waals surface area contributed by atoms with Crippen LogP contribution >= 0.6 is 11.6 Å². The summed E-state index contributed by atoms with van der Waals surface area (Å²) in [5.74, 6) is -0.193. The van der Waals surface area contributed by atoms with Gasteiger partial charge in [-0.05, 0) is 42.5 Å². The van der Waals surface area contributed by atoms with E-state index in [1.165, 1.54) is 18.2 Å². The van der Waals surface area contributed by atoms with Gasteiger partial charge in [0.2, 0.25) is 0 Å². The van der Waals surface area contributed by atoms with Gasteiger partial charge in [0, 0.05) is 5.02 Å². The number of nitrogen functional groups attached to an aromatic ring is 1. The topological polar surface area (TPSA) is 72.6 Å². The number of halogens is 1. The zero-order chi connectivity index (χ0) is 13.1. The number of aromatic carboxylic acids is 1. The van der Waals surface area contributed by atoms with Gasteiger partial charge in [-0.15, -0.1) is 0 Å². The summed E-state index contributed by atoms with van der Waals surface area (Å²) >= 11 is 5.75. The Balaban J connectivity index is 2.30. The van der Waals surface area contributed by atoms with E-state index in [0.717, 1.165) is 0 Å². The smallest absolute Gasteiger partial charge is 0.335 e. The lowest BCUT2D eigenvalue weighted by atomic mass is 10.2. The van der Waals surface area contributed by atoms with E-state index in [9.17, 15) is 4.79 Å². The van der Waals surface area contributed by atoms with E-state index in [0.29, 0.717) is 22.2 Å². The average molecular weight is 264 g/mol. The number of carboxylic acids is 1. The summed E-state index contributed by atoms with van der Waals surface area (Å²) in [7, 11) is 0. The molecule has 3 N–H and O–H groups in total. The van der Waals surface area contributed by atoms with Gasteiger partial charge in [0.05, 0.1) is 11.3 Å². The summed E-state index contributed by atoms with van der Waals surface area (Å²) in [6.07, 6.45) is 0. The van der Waals surface area contributed by atoms with Crippen LogP contribution in [0.3, 0.4) is 0 Å². The molecule has 0 saturated heterocycles. The van der Waals surface area contributed by atoms with Gasteiger partial charge in [0.15, 0.2) is 5.75 Å². The number of ether oxygens (including phenoxy) is 1. The number of hydrogen-bond acceptors (Lipinski definition) is 3. The molecule has 0 atom stereocenters. The van der Waals surface area contributed by atoms with Gasteiger partial charge in [-0.25, -0.2) is 4.79 Å². The highest BCUT2D eigenvalue weighted by molar-refractivity contribution is 6.30. The fraction of sp³-hybridized carbons (Fsp3) is 0. The summed E-state index contributed by atoms with van der Waals surface area (Å²) in [5, 5.41) is 9.48. The van der Waals surface area contributed by atoms with E-state index < -0.39 is 5.97 Å². The van der Waals surface area contributed by atoms with Gasteiger partial charge >= 0.3 is 5.97 Å².